The summed E-state index contributed by atoms with van der Waals surface area (Å²) in [5.74, 6) is -2.91. The summed E-state index contributed by atoms with van der Waals surface area (Å²) in [5.41, 5.74) is -0.985. The Morgan fingerprint density at radius 2 is 2.12 bits per heavy atom. The smallest absolute Gasteiger partial charge is 0.338 e. The summed E-state index contributed by atoms with van der Waals surface area (Å²) >= 11 is 0. The van der Waals surface area contributed by atoms with Crippen molar-refractivity contribution in [2.45, 2.75) is 57.5 Å². The molecule has 0 spiro atoms. The first-order valence-electron chi connectivity index (χ1n) is 8.98. The van der Waals surface area contributed by atoms with Crippen LogP contribution in [0.25, 0.3) is 0 Å². The Bertz CT molecular complexity index is 586. The van der Waals surface area contributed by atoms with Gasteiger partial charge in [0.2, 0.25) is 0 Å². The highest BCUT2D eigenvalue weighted by Crippen LogP contribution is 2.35. The van der Waals surface area contributed by atoms with E-state index in [4.69, 9.17) is 9.47 Å². The topological polar surface area (TPSA) is 96.3 Å². The average molecular weight is 353 g/mol. The van der Waals surface area contributed by atoms with E-state index in [1.165, 1.54) is 6.92 Å². The van der Waals surface area contributed by atoms with E-state index in [0.717, 1.165) is 25.1 Å². The minimum Gasteiger partial charge on any atom is -0.460 e. The van der Waals surface area contributed by atoms with E-state index in [9.17, 15) is 19.8 Å². The second-order valence-electron chi connectivity index (χ2n) is 7.50. The zero-order valence-electron chi connectivity index (χ0n) is 15.0. The van der Waals surface area contributed by atoms with E-state index in [-0.39, 0.29) is 18.8 Å². The van der Waals surface area contributed by atoms with Crippen LogP contribution in [0.1, 0.15) is 33.6 Å². The molecule has 0 aromatic rings. The minimum absolute atomic E-state index is 0.0597. The summed E-state index contributed by atoms with van der Waals surface area (Å²) < 4.78 is 11.1. The number of nitrogens with zero attached hydrogens (tertiary/aromatic N) is 1. The van der Waals surface area contributed by atoms with E-state index in [2.05, 4.69) is 4.90 Å². The van der Waals surface area contributed by atoms with Crippen LogP contribution in [-0.4, -0.2) is 70.6 Å². The highest BCUT2D eigenvalue weighted by Gasteiger charge is 2.48. The van der Waals surface area contributed by atoms with Crippen LogP contribution in [0, 0.1) is 11.8 Å². The van der Waals surface area contributed by atoms with Gasteiger partial charge in [0.05, 0.1) is 18.1 Å². The van der Waals surface area contributed by atoms with Crippen LogP contribution in [0.5, 0.6) is 0 Å². The molecule has 25 heavy (non-hydrogen) atoms. The maximum atomic E-state index is 12.7. The Labute approximate surface area is 147 Å². The largest absolute Gasteiger partial charge is 0.460 e. The third-order valence-electron chi connectivity index (χ3n) is 6.02. The lowest BCUT2D eigenvalue weighted by atomic mass is 9.79. The van der Waals surface area contributed by atoms with Crippen LogP contribution in [0.15, 0.2) is 11.6 Å². The second-order valence-corrected chi connectivity index (χ2v) is 7.50. The van der Waals surface area contributed by atoms with Gasteiger partial charge in [0, 0.05) is 19.0 Å². The zero-order chi connectivity index (χ0) is 18.4. The molecule has 2 saturated heterocycles. The summed E-state index contributed by atoms with van der Waals surface area (Å²) in [7, 11) is 0. The second kappa shape index (κ2) is 6.70. The van der Waals surface area contributed by atoms with Gasteiger partial charge in [-0.05, 0) is 25.3 Å². The van der Waals surface area contributed by atoms with Crippen molar-refractivity contribution in [1.29, 1.82) is 0 Å². The average Bonchev–Trinajstić information content (AvgIpc) is 3.14. The van der Waals surface area contributed by atoms with Gasteiger partial charge in [0.15, 0.2) is 5.60 Å². The van der Waals surface area contributed by atoms with Crippen LogP contribution in [0.3, 0.4) is 0 Å². The van der Waals surface area contributed by atoms with Crippen LogP contribution in [-0.2, 0) is 19.1 Å². The van der Waals surface area contributed by atoms with E-state index in [1.807, 2.05) is 6.08 Å². The third-order valence-corrected chi connectivity index (χ3v) is 6.02. The van der Waals surface area contributed by atoms with Crippen molar-refractivity contribution >= 4 is 11.9 Å². The van der Waals surface area contributed by atoms with Crippen molar-refractivity contribution in [1.82, 2.24) is 4.90 Å². The molecular formula is C18H27NO6. The highest BCUT2D eigenvalue weighted by molar-refractivity contribution is 5.80. The van der Waals surface area contributed by atoms with Gasteiger partial charge in [-0.25, -0.2) is 4.79 Å². The fourth-order valence-corrected chi connectivity index (χ4v) is 4.07. The van der Waals surface area contributed by atoms with Crippen molar-refractivity contribution in [3.63, 3.8) is 0 Å². The first-order valence-corrected chi connectivity index (χ1v) is 8.98. The number of ether oxygens (including phenoxy) is 2. The van der Waals surface area contributed by atoms with Gasteiger partial charge < -0.3 is 19.7 Å². The number of hydrogen-bond acceptors (Lipinski definition) is 7. The molecule has 3 heterocycles. The fraction of sp³-hybridized carbons (Fsp3) is 0.778. The Balaban J connectivity index is 1.93. The summed E-state index contributed by atoms with van der Waals surface area (Å²) in [6.07, 6.45) is 1.58. The molecule has 6 atom stereocenters. The quantitative estimate of drug-likeness (QED) is 0.515. The first kappa shape index (κ1) is 18.4. The SMILES string of the molecule is CC[C@@H]1C(=O)O[C@H]2CCN3CC=C(COC(=O)[C@](C)(O)[C@@H](C)[C@H]1O)[C@@H]23. The summed E-state index contributed by atoms with van der Waals surface area (Å²) in [4.78, 5) is 27.3. The minimum atomic E-state index is -1.89. The molecule has 7 heteroatoms. The molecule has 0 aliphatic carbocycles. The summed E-state index contributed by atoms with van der Waals surface area (Å²) in [6.45, 7) is 6.25. The van der Waals surface area contributed by atoms with Gasteiger partial charge >= 0.3 is 11.9 Å². The molecule has 0 aromatic carbocycles. The lowest BCUT2D eigenvalue weighted by Crippen LogP contribution is -2.52. The lowest BCUT2D eigenvalue weighted by molar-refractivity contribution is -0.180. The number of rotatable bonds is 1. The Kier molecular flexibility index (Phi) is 4.92. The molecule has 0 unspecified atom stereocenters. The van der Waals surface area contributed by atoms with Gasteiger partial charge in [-0.15, -0.1) is 0 Å². The van der Waals surface area contributed by atoms with Crippen LogP contribution in [0.2, 0.25) is 0 Å². The predicted molar refractivity (Wildman–Crippen MR) is 88.5 cm³/mol. The van der Waals surface area contributed by atoms with Crippen LogP contribution in [0.4, 0.5) is 0 Å². The molecule has 3 rings (SSSR count). The monoisotopic (exact) mass is 353 g/mol. The van der Waals surface area contributed by atoms with E-state index < -0.39 is 35.5 Å². The Morgan fingerprint density at radius 3 is 2.80 bits per heavy atom. The van der Waals surface area contributed by atoms with Gasteiger partial charge in [-0.3, -0.25) is 9.69 Å². The van der Waals surface area contributed by atoms with Gasteiger partial charge in [-0.2, -0.15) is 0 Å². The molecule has 7 nitrogen and oxygen atoms in total. The van der Waals surface area contributed by atoms with Gasteiger partial charge in [0.25, 0.3) is 0 Å². The van der Waals surface area contributed by atoms with E-state index >= 15 is 0 Å². The maximum absolute atomic E-state index is 12.7. The number of hydrogen-bond donors (Lipinski definition) is 2. The molecule has 140 valence electrons. The normalized spacial score (nSPS) is 42.8. The number of aliphatic hydroxyl groups is 2. The molecule has 0 amide bonds. The fourth-order valence-electron chi connectivity index (χ4n) is 4.07. The number of carbonyl (C=O) groups excluding carboxylic acids is 2. The van der Waals surface area contributed by atoms with Crippen molar-refractivity contribution in [3.8, 4) is 0 Å². The lowest BCUT2D eigenvalue weighted by Gasteiger charge is -2.36. The van der Waals surface area contributed by atoms with E-state index in [0.29, 0.717) is 6.42 Å². The zero-order valence-corrected chi connectivity index (χ0v) is 15.0. The number of esters is 2. The van der Waals surface area contributed by atoms with Crippen molar-refractivity contribution in [3.05, 3.63) is 11.6 Å². The number of cyclic esters (lactones) is 1. The highest BCUT2D eigenvalue weighted by atomic mass is 16.6. The van der Waals surface area contributed by atoms with E-state index in [1.54, 1.807) is 13.8 Å². The standard InChI is InChI=1S/C18H27NO6/c1-4-12-15(20)10(2)18(3,23)17(22)24-9-11-5-7-19-8-6-13(14(11)19)25-16(12)21/h5,10,12-15,20,23H,4,6-9H2,1-3H3/t10-,12-,13-,14-,15+,18+/m0/s1. The Hall–Kier alpha value is -1.44. The maximum Gasteiger partial charge on any atom is 0.338 e. The van der Waals surface area contributed by atoms with Crippen molar-refractivity contribution in [2.75, 3.05) is 19.7 Å². The van der Waals surface area contributed by atoms with Crippen molar-refractivity contribution in [2.24, 2.45) is 11.8 Å². The first-order chi connectivity index (χ1) is 11.8. The molecule has 0 aromatic heterocycles. The molecule has 3 aliphatic heterocycles. The molecule has 2 fully saturated rings. The summed E-state index contributed by atoms with van der Waals surface area (Å²) in [6, 6.07) is -0.0896. The van der Waals surface area contributed by atoms with Crippen molar-refractivity contribution < 1.29 is 29.3 Å². The van der Waals surface area contributed by atoms with Crippen LogP contribution < -0.4 is 0 Å². The van der Waals surface area contributed by atoms with Gasteiger partial charge in [0.1, 0.15) is 12.7 Å². The molecular weight excluding hydrogens is 326 g/mol. The van der Waals surface area contributed by atoms with Gasteiger partial charge in [-0.1, -0.05) is 19.9 Å². The predicted octanol–water partition coefficient (Wildman–Crippen LogP) is 0.244. The molecule has 3 aliphatic rings. The van der Waals surface area contributed by atoms with Crippen LogP contribution >= 0.6 is 0 Å². The molecule has 2 N–H and O–H groups in total. The molecule has 0 bridgehead atoms. The third kappa shape index (κ3) is 3.09. The Morgan fingerprint density at radius 1 is 1.40 bits per heavy atom. The molecule has 0 saturated carbocycles. The number of aliphatic hydroxyl groups excluding tert-OH is 1. The number of carbonyl (C=O) groups is 2. The molecule has 0 radical (unpaired) electrons. The summed E-state index contributed by atoms with van der Waals surface area (Å²) in [5, 5.41) is 21.2.